The van der Waals surface area contributed by atoms with Crippen molar-refractivity contribution in [1.82, 2.24) is 19.9 Å². The summed E-state index contributed by atoms with van der Waals surface area (Å²) in [5.74, 6) is 0. The predicted molar refractivity (Wildman–Crippen MR) is 153 cm³/mol. The molecule has 0 saturated carbocycles. The zero-order valence-electron chi connectivity index (χ0n) is 23.2. The minimum absolute atomic E-state index is 0. The van der Waals surface area contributed by atoms with E-state index in [1.807, 2.05) is 0 Å². The van der Waals surface area contributed by atoms with Crippen molar-refractivity contribution >= 4 is 44.4 Å². The smallest absolute Gasteiger partial charge is 0.657 e. The number of fused-ring (bicyclic) bond motifs is 8. The van der Waals surface area contributed by atoms with Crippen LogP contribution in [0.1, 0.15) is 99.4 Å². The van der Waals surface area contributed by atoms with Gasteiger partial charge in [0, 0.05) is 0 Å². The standard InChI is InChI=1S/C32H36N4.Ni/c1-9-21-17(5)25-13-26-18(6)23(11-3)31(34-26)16-32-24(12-4)20(8)28(36-32)15-30-22(10-2)19(7)27(35-30)14-29(21)33-25;/h13-16H,9-12H2,1-8H3;/q-2;+2. The van der Waals surface area contributed by atoms with Crippen molar-refractivity contribution in [2.24, 2.45) is 0 Å². The first-order chi connectivity index (χ1) is 17.3. The van der Waals surface area contributed by atoms with Gasteiger partial charge in [0.1, 0.15) is 0 Å². The fourth-order valence-electron chi connectivity index (χ4n) is 5.85. The van der Waals surface area contributed by atoms with Gasteiger partial charge in [0.15, 0.2) is 0 Å². The third kappa shape index (κ3) is 4.42. The van der Waals surface area contributed by atoms with Crippen LogP contribution in [0.25, 0.3) is 44.4 Å². The molecule has 0 saturated heterocycles. The third-order valence-electron chi connectivity index (χ3n) is 8.06. The van der Waals surface area contributed by atoms with Crippen LogP contribution in [-0.2, 0) is 29.3 Å². The SMILES string of the molecule is CCC1=C(C)c2cc3[n-]c(cc4nc(cc5[n-]c(cc1n2)c(C)c5CC)C(CC)=C4C)c(C)c3CC.[Ni+2]. The molecule has 0 spiro atoms. The summed E-state index contributed by atoms with van der Waals surface area (Å²) in [6, 6.07) is 8.72. The van der Waals surface area contributed by atoms with Crippen LogP contribution < -0.4 is 9.97 Å². The Labute approximate surface area is 230 Å². The summed E-state index contributed by atoms with van der Waals surface area (Å²) >= 11 is 0. The number of allylic oxidation sites excluding steroid dienone is 4. The first-order valence-electron chi connectivity index (χ1n) is 13.3. The Morgan fingerprint density at radius 1 is 0.514 bits per heavy atom. The van der Waals surface area contributed by atoms with Crippen LogP contribution in [0.5, 0.6) is 0 Å². The van der Waals surface area contributed by atoms with Crippen molar-refractivity contribution in [2.75, 3.05) is 0 Å². The van der Waals surface area contributed by atoms with Crippen LogP contribution in [0.2, 0.25) is 0 Å². The van der Waals surface area contributed by atoms with E-state index in [0.717, 1.165) is 70.5 Å². The van der Waals surface area contributed by atoms with E-state index in [4.69, 9.17) is 19.9 Å². The van der Waals surface area contributed by atoms with Gasteiger partial charge in [-0.2, -0.15) is 0 Å². The van der Waals surface area contributed by atoms with Gasteiger partial charge in [0.2, 0.25) is 0 Å². The van der Waals surface area contributed by atoms with Gasteiger partial charge in [-0.05, 0) is 75.7 Å². The molecule has 5 heteroatoms. The molecule has 2 aliphatic heterocycles. The molecule has 194 valence electrons. The molecule has 5 heterocycles. The van der Waals surface area contributed by atoms with Crippen LogP contribution >= 0.6 is 0 Å². The molecule has 8 bridgehead atoms. The minimum atomic E-state index is 0. The molecule has 4 nitrogen and oxygen atoms in total. The summed E-state index contributed by atoms with van der Waals surface area (Å²) in [5.41, 5.74) is 18.2. The maximum atomic E-state index is 5.12. The zero-order valence-corrected chi connectivity index (χ0v) is 24.2. The maximum Gasteiger partial charge on any atom is 2.00 e. The number of nitrogens with zero attached hydrogens (tertiary/aromatic N) is 4. The van der Waals surface area contributed by atoms with Gasteiger partial charge >= 0.3 is 16.5 Å². The second-order valence-corrected chi connectivity index (χ2v) is 9.93. The number of aryl methyl sites for hydroxylation is 4. The number of rotatable bonds is 4. The molecule has 3 aromatic rings. The number of hydrogen-bond donors (Lipinski definition) is 0. The topological polar surface area (TPSA) is 54.0 Å². The normalized spacial score (nSPS) is 13.4. The molecule has 5 rings (SSSR count). The van der Waals surface area contributed by atoms with Gasteiger partial charge in [0.05, 0.1) is 22.8 Å². The van der Waals surface area contributed by atoms with E-state index in [2.05, 4.69) is 79.7 Å². The Kier molecular flexibility index (Phi) is 7.67. The van der Waals surface area contributed by atoms with Gasteiger partial charge in [0.25, 0.3) is 0 Å². The molecule has 0 fully saturated rings. The third-order valence-corrected chi connectivity index (χ3v) is 8.06. The van der Waals surface area contributed by atoms with Gasteiger partial charge in [-0.3, -0.25) is 0 Å². The molecule has 0 aliphatic carbocycles. The molecule has 0 aromatic carbocycles. The first-order valence-corrected chi connectivity index (χ1v) is 13.3. The fraction of sp³-hybridized carbons (Fsp3) is 0.375. The zero-order chi connectivity index (χ0) is 25.7. The Balaban J connectivity index is 0.00000320. The van der Waals surface area contributed by atoms with Crippen LogP contribution in [0.3, 0.4) is 0 Å². The summed E-state index contributed by atoms with van der Waals surface area (Å²) in [4.78, 5) is 20.4. The molecule has 0 atom stereocenters. The van der Waals surface area contributed by atoms with Gasteiger partial charge in [-0.1, -0.05) is 74.2 Å². The summed E-state index contributed by atoms with van der Waals surface area (Å²) in [5, 5.41) is 0. The first kappa shape index (κ1) is 27.1. The minimum Gasteiger partial charge on any atom is -0.657 e. The average Bonchev–Trinajstić information content (AvgIpc) is 3.51. The van der Waals surface area contributed by atoms with Crippen molar-refractivity contribution in [3.8, 4) is 0 Å². The Hall–Kier alpha value is -2.91. The van der Waals surface area contributed by atoms with Crippen molar-refractivity contribution in [2.45, 2.75) is 81.1 Å². The van der Waals surface area contributed by atoms with Crippen LogP contribution in [0.4, 0.5) is 0 Å². The number of hydrogen-bond acceptors (Lipinski definition) is 2. The van der Waals surface area contributed by atoms with E-state index in [9.17, 15) is 0 Å². The quantitative estimate of drug-likeness (QED) is 0.318. The van der Waals surface area contributed by atoms with Crippen LogP contribution in [-0.4, -0.2) is 9.97 Å². The summed E-state index contributed by atoms with van der Waals surface area (Å²) < 4.78 is 0. The van der Waals surface area contributed by atoms with E-state index in [-0.39, 0.29) is 16.5 Å². The summed E-state index contributed by atoms with van der Waals surface area (Å²) in [7, 11) is 0. The average molecular weight is 535 g/mol. The molecule has 0 N–H and O–H groups in total. The summed E-state index contributed by atoms with van der Waals surface area (Å²) in [6.45, 7) is 17.6. The van der Waals surface area contributed by atoms with Crippen molar-refractivity contribution < 1.29 is 16.5 Å². The monoisotopic (exact) mass is 534 g/mol. The Bertz CT molecular complexity index is 1610. The van der Waals surface area contributed by atoms with Crippen LogP contribution in [0.15, 0.2) is 24.3 Å². The molecule has 0 radical (unpaired) electrons. The molecule has 0 amide bonds. The predicted octanol–water partition coefficient (Wildman–Crippen LogP) is 7.99. The molecular formula is C32H36N4Ni. The van der Waals surface area contributed by atoms with E-state index in [1.54, 1.807) is 0 Å². The molecular weight excluding hydrogens is 499 g/mol. The maximum absolute atomic E-state index is 5.12. The van der Waals surface area contributed by atoms with E-state index < -0.39 is 0 Å². The van der Waals surface area contributed by atoms with Gasteiger partial charge in [-0.25, -0.2) is 9.97 Å². The molecule has 0 unspecified atom stereocenters. The molecule has 37 heavy (non-hydrogen) atoms. The second-order valence-electron chi connectivity index (χ2n) is 9.93. The van der Waals surface area contributed by atoms with E-state index in [1.165, 1.54) is 44.5 Å². The Morgan fingerprint density at radius 2 is 0.865 bits per heavy atom. The van der Waals surface area contributed by atoms with Crippen molar-refractivity contribution in [3.05, 3.63) is 69.3 Å². The fourth-order valence-corrected chi connectivity index (χ4v) is 5.85. The summed E-state index contributed by atoms with van der Waals surface area (Å²) in [6.07, 6.45) is 3.74. The number of aromatic nitrogens is 4. The van der Waals surface area contributed by atoms with Crippen molar-refractivity contribution in [1.29, 1.82) is 0 Å². The second kappa shape index (κ2) is 10.5. The van der Waals surface area contributed by atoms with Gasteiger partial charge in [-0.15, -0.1) is 22.1 Å². The van der Waals surface area contributed by atoms with Crippen molar-refractivity contribution in [3.63, 3.8) is 0 Å². The van der Waals surface area contributed by atoms with Crippen LogP contribution in [0, 0.1) is 13.8 Å². The van der Waals surface area contributed by atoms with E-state index >= 15 is 0 Å². The van der Waals surface area contributed by atoms with E-state index in [0.29, 0.717) is 0 Å². The largest absolute Gasteiger partial charge is 2.00 e. The molecule has 2 aliphatic rings. The van der Waals surface area contributed by atoms with Gasteiger partial charge < -0.3 is 9.97 Å². The Morgan fingerprint density at radius 3 is 1.24 bits per heavy atom. The molecule has 3 aromatic heterocycles.